The number of likely N-dealkylation sites (tertiary alicyclic amines) is 1. The Kier molecular flexibility index (Phi) is 14.2. The standard InChI is InChI=1S/C48H49F7N4O7/c1-56(19-4-5-20-59(44(63)64)39-14-8-32(28-60)9-15-39)42(61)29-65-41-26-33-6-2-3-7-40(33)45(41)16-21-57(22-17-45)23-18-46(35-10-12-38(49)13-11-35)30-58(31-66-46)43(62)34-24-36(47(50,51)52)27-37(25-34)48(53,54)55/h2-3,6-15,24-25,27-28,41H,4-5,16-23,26,29-31H2,1H3,(H,63,64)/t41-,46-/m0/s1. The summed E-state index contributed by atoms with van der Waals surface area (Å²) in [5, 5.41) is 9.74. The number of amides is 3. The van der Waals surface area contributed by atoms with E-state index in [9.17, 15) is 55.0 Å². The second-order valence-electron chi connectivity index (χ2n) is 17.1. The Morgan fingerprint density at radius 2 is 1.52 bits per heavy atom. The van der Waals surface area contributed by atoms with Crippen LogP contribution in [-0.4, -0.2) is 110 Å². The number of hydrogen-bond donors (Lipinski definition) is 1. The summed E-state index contributed by atoms with van der Waals surface area (Å²) in [7, 11) is 1.67. The maximum atomic E-state index is 14.1. The molecular weight excluding hydrogens is 878 g/mol. The lowest BCUT2D eigenvalue weighted by Gasteiger charge is -2.44. The zero-order valence-corrected chi connectivity index (χ0v) is 36.0. The number of rotatable bonds is 15. The van der Waals surface area contributed by atoms with E-state index in [1.54, 1.807) is 36.2 Å². The van der Waals surface area contributed by atoms with Crippen LogP contribution in [0.4, 0.5) is 41.2 Å². The molecular formula is C48H49F7N4O7. The number of unbranched alkanes of at least 4 members (excludes halogenated alkanes) is 1. The summed E-state index contributed by atoms with van der Waals surface area (Å²) in [6, 6.07) is 20.5. The molecule has 2 heterocycles. The van der Waals surface area contributed by atoms with E-state index in [2.05, 4.69) is 17.0 Å². The van der Waals surface area contributed by atoms with Crippen molar-refractivity contribution in [2.45, 2.75) is 68.0 Å². The van der Waals surface area contributed by atoms with Crippen molar-refractivity contribution in [2.75, 3.05) is 64.6 Å². The molecule has 2 saturated heterocycles. The lowest BCUT2D eigenvalue weighted by atomic mass is 9.72. The maximum absolute atomic E-state index is 14.1. The summed E-state index contributed by atoms with van der Waals surface area (Å²) >= 11 is 0. The SMILES string of the molecule is CN(CCCCN(C(=O)O)c1ccc(C=O)cc1)C(=O)CO[C@H]1Cc2ccccc2C12CCN(CC[C@@]1(c3ccc(F)cc3)CN(C(=O)c3cc(C(F)(F)F)cc(C(F)(F)F)c3)CO1)CC2. The molecule has 3 amide bonds. The summed E-state index contributed by atoms with van der Waals surface area (Å²) in [6.07, 6.45) is -7.82. The number of anilines is 1. The minimum Gasteiger partial charge on any atom is -0.465 e. The van der Waals surface area contributed by atoms with Crippen LogP contribution in [0.2, 0.25) is 0 Å². The number of carbonyl (C=O) groups excluding carboxylic acids is 3. The number of piperidine rings is 1. The number of alkyl halides is 6. The molecule has 2 fully saturated rings. The highest BCUT2D eigenvalue weighted by molar-refractivity contribution is 5.95. The van der Waals surface area contributed by atoms with Crippen LogP contribution in [-0.2, 0) is 44.1 Å². The largest absolute Gasteiger partial charge is 0.465 e. The van der Waals surface area contributed by atoms with Crippen molar-refractivity contribution < 1.29 is 64.5 Å². The zero-order chi connectivity index (χ0) is 47.4. The minimum atomic E-state index is -5.14. The van der Waals surface area contributed by atoms with Gasteiger partial charge in [0.2, 0.25) is 5.91 Å². The number of carbonyl (C=O) groups is 4. The molecule has 4 aromatic rings. The molecule has 4 aromatic carbocycles. The molecule has 7 rings (SSSR count). The lowest BCUT2D eigenvalue weighted by Crippen LogP contribution is -2.50. The highest BCUT2D eigenvalue weighted by atomic mass is 19.4. The fourth-order valence-corrected chi connectivity index (χ4v) is 9.39. The van der Waals surface area contributed by atoms with Crippen molar-refractivity contribution in [3.63, 3.8) is 0 Å². The third-order valence-corrected chi connectivity index (χ3v) is 13.1. The minimum absolute atomic E-state index is 0.0362. The molecule has 1 spiro atoms. The Bertz CT molecular complexity index is 2360. The van der Waals surface area contributed by atoms with Gasteiger partial charge >= 0.3 is 18.4 Å². The monoisotopic (exact) mass is 926 g/mol. The molecule has 2 atom stereocenters. The number of halogens is 7. The lowest BCUT2D eigenvalue weighted by molar-refractivity contribution is -0.143. The Hall–Kier alpha value is -5.85. The fourth-order valence-electron chi connectivity index (χ4n) is 9.39. The molecule has 11 nitrogen and oxygen atoms in total. The number of ether oxygens (including phenoxy) is 2. The number of hydrogen-bond acceptors (Lipinski definition) is 7. The van der Waals surface area contributed by atoms with E-state index < -0.39 is 64.6 Å². The Labute approximate surface area is 376 Å². The van der Waals surface area contributed by atoms with Gasteiger partial charge in [0.15, 0.2) is 0 Å². The summed E-state index contributed by atoms with van der Waals surface area (Å²) in [6.45, 7) is 1.40. The van der Waals surface area contributed by atoms with Gasteiger partial charge < -0.3 is 29.3 Å². The molecule has 3 aliphatic rings. The van der Waals surface area contributed by atoms with Gasteiger partial charge in [-0.2, -0.15) is 26.3 Å². The Morgan fingerprint density at radius 3 is 2.14 bits per heavy atom. The summed E-state index contributed by atoms with van der Waals surface area (Å²) in [5.74, 6) is -1.83. The van der Waals surface area contributed by atoms with Crippen molar-refractivity contribution >= 4 is 29.9 Å². The van der Waals surface area contributed by atoms with Gasteiger partial charge in [-0.1, -0.05) is 36.4 Å². The van der Waals surface area contributed by atoms with E-state index in [-0.39, 0.29) is 44.2 Å². The van der Waals surface area contributed by atoms with E-state index in [1.807, 2.05) is 12.1 Å². The third kappa shape index (κ3) is 10.6. The van der Waals surface area contributed by atoms with Crippen LogP contribution in [0.1, 0.15) is 80.6 Å². The zero-order valence-electron chi connectivity index (χ0n) is 36.0. The topological polar surface area (TPSA) is 120 Å². The first-order valence-corrected chi connectivity index (χ1v) is 21.5. The van der Waals surface area contributed by atoms with Crippen LogP contribution < -0.4 is 4.90 Å². The molecule has 1 aliphatic carbocycles. The summed E-state index contributed by atoms with van der Waals surface area (Å²) in [4.78, 5) is 55.9. The first-order chi connectivity index (χ1) is 31.3. The van der Waals surface area contributed by atoms with Crippen LogP contribution in [0.15, 0.2) is 91.0 Å². The molecule has 0 aromatic heterocycles. The highest BCUT2D eigenvalue weighted by Crippen LogP contribution is 2.48. The fraction of sp³-hybridized carbons (Fsp3) is 0.417. The van der Waals surface area contributed by atoms with Crippen LogP contribution in [0.25, 0.3) is 0 Å². The molecule has 0 radical (unpaired) electrons. The molecule has 18 heteroatoms. The van der Waals surface area contributed by atoms with Crippen LogP contribution >= 0.6 is 0 Å². The van der Waals surface area contributed by atoms with Crippen molar-refractivity contribution in [3.8, 4) is 0 Å². The van der Waals surface area contributed by atoms with Gasteiger partial charge in [-0.3, -0.25) is 19.3 Å². The average molecular weight is 927 g/mol. The smallest absolute Gasteiger partial charge is 0.416 e. The van der Waals surface area contributed by atoms with Crippen molar-refractivity contribution in [1.82, 2.24) is 14.7 Å². The van der Waals surface area contributed by atoms with E-state index in [4.69, 9.17) is 9.47 Å². The molecule has 66 heavy (non-hydrogen) atoms. The molecule has 0 bridgehead atoms. The number of fused-ring (bicyclic) bond motifs is 2. The second kappa shape index (κ2) is 19.5. The Morgan fingerprint density at radius 1 is 0.879 bits per heavy atom. The van der Waals surface area contributed by atoms with E-state index in [0.717, 1.165) is 16.0 Å². The maximum Gasteiger partial charge on any atom is 0.416 e. The Balaban J connectivity index is 0.974. The van der Waals surface area contributed by atoms with Crippen molar-refractivity contribution in [2.24, 2.45) is 0 Å². The van der Waals surface area contributed by atoms with Crippen LogP contribution in [0, 0.1) is 5.82 Å². The molecule has 352 valence electrons. The van der Waals surface area contributed by atoms with Crippen molar-refractivity contribution in [1.29, 1.82) is 0 Å². The highest BCUT2D eigenvalue weighted by Gasteiger charge is 2.50. The van der Waals surface area contributed by atoms with Gasteiger partial charge in [-0.15, -0.1) is 0 Å². The van der Waals surface area contributed by atoms with Gasteiger partial charge in [0.1, 0.15) is 31.0 Å². The first-order valence-electron chi connectivity index (χ1n) is 21.5. The molecule has 1 N–H and O–H groups in total. The molecule has 0 saturated carbocycles. The summed E-state index contributed by atoms with van der Waals surface area (Å²) in [5.41, 5.74) is -2.03. The normalized spacial score (nSPS) is 19.5. The van der Waals surface area contributed by atoms with Gasteiger partial charge in [0, 0.05) is 48.9 Å². The van der Waals surface area contributed by atoms with Gasteiger partial charge in [-0.05, 0) is 123 Å². The number of likely N-dealkylation sites (N-methyl/N-ethyl adjacent to an activating group) is 1. The predicted molar refractivity (Wildman–Crippen MR) is 227 cm³/mol. The number of benzene rings is 4. The summed E-state index contributed by atoms with van der Waals surface area (Å²) < 4.78 is 109. The molecule has 2 aliphatic heterocycles. The van der Waals surface area contributed by atoms with Crippen LogP contribution in [0.5, 0.6) is 0 Å². The predicted octanol–water partition coefficient (Wildman–Crippen LogP) is 8.79. The van der Waals surface area contributed by atoms with Crippen molar-refractivity contribution in [3.05, 3.63) is 136 Å². The number of nitrogens with zero attached hydrogens (tertiary/aromatic N) is 4. The average Bonchev–Trinajstić information content (AvgIpc) is 3.87. The van der Waals surface area contributed by atoms with Gasteiger partial charge in [0.25, 0.3) is 5.91 Å². The second-order valence-corrected chi connectivity index (χ2v) is 17.1. The quantitative estimate of drug-likeness (QED) is 0.0715. The number of aldehydes is 1. The molecule has 0 unspecified atom stereocenters. The van der Waals surface area contributed by atoms with E-state index in [1.165, 1.54) is 29.2 Å². The van der Waals surface area contributed by atoms with Gasteiger partial charge in [-0.25, -0.2) is 9.18 Å². The van der Waals surface area contributed by atoms with E-state index >= 15 is 0 Å². The third-order valence-electron chi connectivity index (χ3n) is 13.1. The first kappa shape index (κ1) is 48.1. The van der Waals surface area contributed by atoms with Crippen LogP contribution in [0.3, 0.4) is 0 Å². The number of carboxylic acid groups (broad SMARTS) is 1. The van der Waals surface area contributed by atoms with E-state index in [0.29, 0.717) is 93.5 Å². The van der Waals surface area contributed by atoms with Gasteiger partial charge in [0.05, 0.1) is 23.8 Å².